The van der Waals surface area contributed by atoms with Crippen molar-refractivity contribution in [2.45, 2.75) is 26.4 Å². The van der Waals surface area contributed by atoms with Gasteiger partial charge in [-0.05, 0) is 32.3 Å². The van der Waals surface area contributed by atoms with Crippen molar-refractivity contribution in [2.24, 2.45) is 0 Å². The zero-order valence-electron chi connectivity index (χ0n) is 10.9. The molecular formula is C12H19N3O2S. The van der Waals surface area contributed by atoms with E-state index in [-0.39, 0.29) is 11.9 Å². The van der Waals surface area contributed by atoms with Gasteiger partial charge in [-0.25, -0.2) is 4.79 Å². The Balaban J connectivity index is 2.45. The average molecular weight is 269 g/mol. The summed E-state index contributed by atoms with van der Waals surface area (Å²) < 4.78 is 0. The zero-order valence-corrected chi connectivity index (χ0v) is 11.7. The topological polar surface area (TPSA) is 61.4 Å². The number of nitrogens with one attached hydrogen (secondary N) is 2. The molecule has 1 heterocycles. The number of likely N-dealkylation sites (N-methyl/N-ethyl adjacent to an activating group) is 1. The number of thiophene rings is 1. The number of amides is 3. The van der Waals surface area contributed by atoms with E-state index in [4.69, 9.17) is 0 Å². The van der Waals surface area contributed by atoms with Crippen LogP contribution in [0.2, 0.25) is 0 Å². The summed E-state index contributed by atoms with van der Waals surface area (Å²) in [6.45, 7) is 4.78. The predicted octanol–water partition coefficient (Wildman–Crippen LogP) is 1.41. The van der Waals surface area contributed by atoms with Gasteiger partial charge in [-0.1, -0.05) is 6.07 Å². The molecule has 0 aliphatic heterocycles. The summed E-state index contributed by atoms with van der Waals surface area (Å²) in [6.07, 6.45) is 0. The fourth-order valence-corrected chi connectivity index (χ4v) is 2.17. The van der Waals surface area contributed by atoms with Crippen LogP contribution < -0.4 is 10.6 Å². The number of rotatable bonds is 5. The number of nitrogens with zero attached hydrogens (tertiary/aromatic N) is 1. The largest absolute Gasteiger partial charge is 0.338 e. The van der Waals surface area contributed by atoms with Crippen LogP contribution in [0.1, 0.15) is 18.7 Å². The smallest absolute Gasteiger partial charge is 0.321 e. The van der Waals surface area contributed by atoms with Gasteiger partial charge in [0.15, 0.2) is 0 Å². The van der Waals surface area contributed by atoms with Crippen LogP contribution in [0, 0.1) is 0 Å². The number of hydrogen-bond donors (Lipinski definition) is 2. The van der Waals surface area contributed by atoms with E-state index < -0.39 is 6.03 Å². The molecule has 100 valence electrons. The van der Waals surface area contributed by atoms with Crippen LogP contribution >= 0.6 is 11.3 Å². The van der Waals surface area contributed by atoms with Gasteiger partial charge < -0.3 is 5.32 Å². The Morgan fingerprint density at radius 2 is 2.22 bits per heavy atom. The maximum atomic E-state index is 11.8. The van der Waals surface area contributed by atoms with Crippen molar-refractivity contribution in [3.8, 4) is 0 Å². The molecule has 1 aromatic rings. The van der Waals surface area contributed by atoms with E-state index >= 15 is 0 Å². The summed E-state index contributed by atoms with van der Waals surface area (Å²) in [5.74, 6) is -0.292. The zero-order chi connectivity index (χ0) is 13.5. The van der Waals surface area contributed by atoms with E-state index in [1.807, 2.05) is 29.5 Å². The fourth-order valence-electron chi connectivity index (χ4n) is 1.41. The summed E-state index contributed by atoms with van der Waals surface area (Å²) >= 11 is 1.65. The standard InChI is InChI=1S/C12H19N3O2S/c1-4-13-12(17)14-11(16)9(2)15(3)8-10-6-5-7-18-10/h5-7,9H,4,8H2,1-3H3,(H2,13,14,16,17)/t9-/m0/s1. The molecule has 0 aromatic carbocycles. The monoisotopic (exact) mass is 269 g/mol. The number of carbonyl (C=O) groups excluding carboxylic acids is 2. The van der Waals surface area contributed by atoms with Gasteiger partial charge in [-0.3, -0.25) is 15.0 Å². The Morgan fingerprint density at radius 1 is 1.50 bits per heavy atom. The lowest BCUT2D eigenvalue weighted by atomic mass is 10.2. The third-order valence-electron chi connectivity index (χ3n) is 2.60. The molecule has 0 spiro atoms. The van der Waals surface area contributed by atoms with Gasteiger partial charge in [0.25, 0.3) is 0 Å². The van der Waals surface area contributed by atoms with Crippen LogP contribution in [0.3, 0.4) is 0 Å². The molecule has 0 radical (unpaired) electrons. The molecule has 0 fully saturated rings. The number of hydrogen-bond acceptors (Lipinski definition) is 4. The third-order valence-corrected chi connectivity index (χ3v) is 3.46. The highest BCUT2D eigenvalue weighted by molar-refractivity contribution is 7.09. The molecule has 3 amide bonds. The highest BCUT2D eigenvalue weighted by Gasteiger charge is 2.20. The van der Waals surface area contributed by atoms with Crippen LogP contribution in [0.25, 0.3) is 0 Å². The van der Waals surface area contributed by atoms with Crippen LogP contribution in [0.4, 0.5) is 4.79 Å². The van der Waals surface area contributed by atoms with Crippen LogP contribution in [-0.2, 0) is 11.3 Å². The van der Waals surface area contributed by atoms with E-state index in [9.17, 15) is 9.59 Å². The van der Waals surface area contributed by atoms with E-state index in [0.717, 1.165) is 0 Å². The molecule has 1 rings (SSSR count). The SMILES string of the molecule is CCNC(=O)NC(=O)[C@H](C)N(C)Cc1cccs1. The van der Waals surface area contributed by atoms with E-state index in [0.29, 0.717) is 13.1 Å². The van der Waals surface area contributed by atoms with Crippen LogP contribution in [-0.4, -0.2) is 36.5 Å². The van der Waals surface area contributed by atoms with Crippen molar-refractivity contribution >= 4 is 23.3 Å². The van der Waals surface area contributed by atoms with Gasteiger partial charge in [0, 0.05) is 18.0 Å². The summed E-state index contributed by atoms with van der Waals surface area (Å²) in [4.78, 5) is 26.1. The van der Waals surface area contributed by atoms with E-state index in [1.165, 1.54) is 4.88 Å². The summed E-state index contributed by atoms with van der Waals surface area (Å²) in [6, 6.07) is 3.21. The first-order valence-corrected chi connectivity index (χ1v) is 6.73. The second kappa shape index (κ2) is 7.13. The second-order valence-corrected chi connectivity index (χ2v) is 5.05. The molecule has 0 aliphatic carbocycles. The van der Waals surface area contributed by atoms with Gasteiger partial charge in [0.1, 0.15) is 0 Å². The van der Waals surface area contributed by atoms with Gasteiger partial charge in [0.05, 0.1) is 6.04 Å². The van der Waals surface area contributed by atoms with Crippen molar-refractivity contribution in [2.75, 3.05) is 13.6 Å². The quantitative estimate of drug-likeness (QED) is 0.849. The lowest BCUT2D eigenvalue weighted by Crippen LogP contribution is -2.48. The molecule has 1 atom stereocenters. The Bertz CT molecular complexity index is 392. The van der Waals surface area contributed by atoms with Crippen molar-refractivity contribution in [3.05, 3.63) is 22.4 Å². The van der Waals surface area contributed by atoms with Gasteiger partial charge in [-0.15, -0.1) is 11.3 Å². The maximum absolute atomic E-state index is 11.8. The number of urea groups is 1. The van der Waals surface area contributed by atoms with Gasteiger partial charge in [0.2, 0.25) is 5.91 Å². The Morgan fingerprint density at radius 3 is 2.78 bits per heavy atom. The Labute approximate surface area is 111 Å². The van der Waals surface area contributed by atoms with Crippen LogP contribution in [0.5, 0.6) is 0 Å². The first-order chi connectivity index (χ1) is 8.54. The maximum Gasteiger partial charge on any atom is 0.321 e. The minimum atomic E-state index is -0.445. The van der Waals surface area contributed by atoms with Crippen molar-refractivity contribution in [3.63, 3.8) is 0 Å². The van der Waals surface area contributed by atoms with Crippen molar-refractivity contribution in [1.82, 2.24) is 15.5 Å². The summed E-state index contributed by atoms with van der Waals surface area (Å²) in [5, 5.41) is 6.84. The fraction of sp³-hybridized carbons (Fsp3) is 0.500. The van der Waals surface area contributed by atoms with E-state index in [1.54, 1.807) is 25.2 Å². The summed E-state index contributed by atoms with van der Waals surface area (Å²) in [7, 11) is 1.86. The first kappa shape index (κ1) is 14.7. The van der Waals surface area contributed by atoms with Crippen molar-refractivity contribution < 1.29 is 9.59 Å². The lowest BCUT2D eigenvalue weighted by molar-refractivity contribution is -0.124. The highest BCUT2D eigenvalue weighted by atomic mass is 32.1. The molecule has 2 N–H and O–H groups in total. The lowest BCUT2D eigenvalue weighted by Gasteiger charge is -2.22. The Kier molecular flexibility index (Phi) is 5.80. The number of carbonyl (C=O) groups is 2. The first-order valence-electron chi connectivity index (χ1n) is 5.86. The minimum Gasteiger partial charge on any atom is -0.338 e. The van der Waals surface area contributed by atoms with Gasteiger partial charge in [-0.2, -0.15) is 0 Å². The highest BCUT2D eigenvalue weighted by Crippen LogP contribution is 2.12. The minimum absolute atomic E-state index is 0.292. The molecule has 0 saturated heterocycles. The Hall–Kier alpha value is -1.40. The van der Waals surface area contributed by atoms with Crippen LogP contribution in [0.15, 0.2) is 17.5 Å². The predicted molar refractivity (Wildman–Crippen MR) is 72.5 cm³/mol. The molecule has 0 aliphatic rings. The summed E-state index contributed by atoms with van der Waals surface area (Å²) in [5.41, 5.74) is 0. The average Bonchev–Trinajstić information content (AvgIpc) is 2.80. The molecule has 0 bridgehead atoms. The molecule has 6 heteroatoms. The molecular weight excluding hydrogens is 250 g/mol. The molecule has 1 aromatic heterocycles. The molecule has 0 unspecified atom stereocenters. The number of imide groups is 1. The van der Waals surface area contributed by atoms with E-state index in [2.05, 4.69) is 10.6 Å². The third kappa shape index (κ3) is 4.46. The molecule has 5 nitrogen and oxygen atoms in total. The normalized spacial score (nSPS) is 12.2. The van der Waals surface area contributed by atoms with Gasteiger partial charge >= 0.3 is 6.03 Å². The molecule has 18 heavy (non-hydrogen) atoms. The van der Waals surface area contributed by atoms with Crippen molar-refractivity contribution in [1.29, 1.82) is 0 Å². The molecule has 0 saturated carbocycles. The second-order valence-electron chi connectivity index (χ2n) is 4.02.